The zero-order valence-electron chi connectivity index (χ0n) is 11.7. The van der Waals surface area contributed by atoms with Crippen molar-refractivity contribution >= 4 is 5.78 Å². The highest BCUT2D eigenvalue weighted by molar-refractivity contribution is 5.97. The summed E-state index contributed by atoms with van der Waals surface area (Å²) in [6.07, 6.45) is -4.01. The molecule has 6 heteroatoms. The van der Waals surface area contributed by atoms with Crippen molar-refractivity contribution in [1.29, 1.82) is 0 Å². The molecule has 0 saturated heterocycles. The smallest absolute Gasteiger partial charge is 0.456 e. The van der Waals surface area contributed by atoms with Gasteiger partial charge in [-0.05, 0) is 29.7 Å². The maximum absolute atomic E-state index is 12.3. The van der Waals surface area contributed by atoms with Gasteiger partial charge in [0.1, 0.15) is 5.76 Å². The molecule has 0 aliphatic carbocycles. The van der Waals surface area contributed by atoms with E-state index in [1.165, 1.54) is 17.2 Å². The molecular weight excluding hydrogens is 295 g/mol. The van der Waals surface area contributed by atoms with Gasteiger partial charge in [0.2, 0.25) is 0 Å². The third kappa shape index (κ3) is 3.06. The highest BCUT2D eigenvalue weighted by atomic mass is 19.4. The maximum atomic E-state index is 12.3. The Hall–Kier alpha value is -2.08. The molecule has 1 aromatic carbocycles. The van der Waals surface area contributed by atoms with E-state index in [1.54, 1.807) is 0 Å². The minimum absolute atomic E-state index is 0.368. The number of halogens is 3. The number of fused-ring (bicyclic) bond motifs is 1. The first kappa shape index (κ1) is 14.8. The normalized spacial score (nSPS) is 15.6. The summed E-state index contributed by atoms with van der Waals surface area (Å²) in [5.41, 5.74) is 2.51. The Morgan fingerprint density at radius 2 is 1.86 bits per heavy atom. The van der Waals surface area contributed by atoms with Crippen molar-refractivity contribution in [3.63, 3.8) is 0 Å². The zero-order valence-corrected chi connectivity index (χ0v) is 11.7. The number of alkyl halides is 3. The van der Waals surface area contributed by atoms with Gasteiger partial charge >= 0.3 is 12.0 Å². The lowest BCUT2D eigenvalue weighted by molar-refractivity contribution is -0.0900. The van der Waals surface area contributed by atoms with Crippen molar-refractivity contribution < 1.29 is 22.4 Å². The first-order valence-corrected chi connectivity index (χ1v) is 6.93. The zero-order chi connectivity index (χ0) is 15.7. The minimum atomic E-state index is -4.90. The number of Topliss-reactive ketones (excluding diaryl/α,β-unsaturated/α-hetero) is 1. The number of benzene rings is 1. The number of rotatable bonds is 3. The van der Waals surface area contributed by atoms with Crippen LogP contribution in [-0.4, -0.2) is 23.4 Å². The summed E-state index contributed by atoms with van der Waals surface area (Å²) in [4.78, 5) is 13.2. The summed E-state index contributed by atoms with van der Waals surface area (Å²) in [6.45, 7) is 1.92. The minimum Gasteiger partial charge on any atom is -0.456 e. The topological polar surface area (TPSA) is 33.5 Å². The second-order valence-electron chi connectivity index (χ2n) is 5.32. The van der Waals surface area contributed by atoms with Gasteiger partial charge < -0.3 is 4.42 Å². The van der Waals surface area contributed by atoms with Gasteiger partial charge in [0, 0.05) is 13.1 Å². The van der Waals surface area contributed by atoms with Gasteiger partial charge in [-0.15, -0.1) is 0 Å². The second kappa shape index (κ2) is 5.61. The highest BCUT2D eigenvalue weighted by Gasteiger charge is 2.41. The summed E-state index contributed by atoms with van der Waals surface area (Å²) in [5, 5.41) is 0. The standard InChI is InChI=1S/C16H14F3NO2/c17-16(18,19)15(21)14-6-5-13(22-14)10-20-8-7-11-3-1-2-4-12(11)9-20/h1-6H,7-10H2. The lowest BCUT2D eigenvalue weighted by atomic mass is 10.00. The molecule has 2 aromatic rings. The molecule has 3 rings (SSSR count). The number of nitrogens with zero attached hydrogens (tertiary/aromatic N) is 1. The van der Waals surface area contributed by atoms with Crippen molar-refractivity contribution in [3.05, 3.63) is 59.0 Å². The Morgan fingerprint density at radius 1 is 1.14 bits per heavy atom. The van der Waals surface area contributed by atoms with Crippen LogP contribution >= 0.6 is 0 Å². The molecule has 22 heavy (non-hydrogen) atoms. The van der Waals surface area contributed by atoms with Crippen LogP contribution in [0.3, 0.4) is 0 Å². The third-order valence-electron chi connectivity index (χ3n) is 3.73. The van der Waals surface area contributed by atoms with Gasteiger partial charge in [0.15, 0.2) is 5.76 Å². The largest absolute Gasteiger partial charge is 0.458 e. The van der Waals surface area contributed by atoms with E-state index in [2.05, 4.69) is 11.0 Å². The van der Waals surface area contributed by atoms with Crippen LogP contribution in [0.1, 0.15) is 27.4 Å². The molecule has 1 aliphatic rings. The number of furan rings is 1. The second-order valence-corrected chi connectivity index (χ2v) is 5.32. The van der Waals surface area contributed by atoms with E-state index < -0.39 is 17.7 Å². The average Bonchev–Trinajstić information content (AvgIpc) is 2.93. The Labute approximate surface area is 125 Å². The molecule has 116 valence electrons. The number of hydrogen-bond acceptors (Lipinski definition) is 3. The van der Waals surface area contributed by atoms with Gasteiger partial charge in [-0.25, -0.2) is 0 Å². The quantitative estimate of drug-likeness (QED) is 0.813. The van der Waals surface area contributed by atoms with Crippen LogP contribution in [0.4, 0.5) is 13.2 Å². The number of ketones is 1. The number of hydrogen-bond donors (Lipinski definition) is 0. The monoisotopic (exact) mass is 309 g/mol. The van der Waals surface area contributed by atoms with Crippen molar-refractivity contribution in [2.75, 3.05) is 6.54 Å². The molecule has 0 spiro atoms. The van der Waals surface area contributed by atoms with E-state index in [1.807, 2.05) is 18.2 Å². The highest BCUT2D eigenvalue weighted by Crippen LogP contribution is 2.24. The van der Waals surface area contributed by atoms with E-state index >= 15 is 0 Å². The average molecular weight is 309 g/mol. The predicted octanol–water partition coefficient (Wildman–Crippen LogP) is 3.58. The first-order chi connectivity index (χ1) is 10.4. The molecule has 0 bridgehead atoms. The fraction of sp³-hybridized carbons (Fsp3) is 0.312. The Kier molecular flexibility index (Phi) is 3.78. The van der Waals surface area contributed by atoms with Gasteiger partial charge in [-0.2, -0.15) is 13.2 Å². The molecule has 0 atom stereocenters. The van der Waals surface area contributed by atoms with Crippen molar-refractivity contribution in [3.8, 4) is 0 Å². The maximum Gasteiger partial charge on any atom is 0.458 e. The molecule has 0 fully saturated rings. The van der Waals surface area contributed by atoms with E-state index in [9.17, 15) is 18.0 Å². The van der Waals surface area contributed by atoms with Crippen molar-refractivity contribution in [1.82, 2.24) is 4.90 Å². The molecule has 0 saturated carbocycles. The van der Waals surface area contributed by atoms with Crippen LogP contribution in [0.5, 0.6) is 0 Å². The third-order valence-corrected chi connectivity index (χ3v) is 3.73. The van der Waals surface area contributed by atoms with Crippen LogP contribution in [0.2, 0.25) is 0 Å². The van der Waals surface area contributed by atoms with E-state index in [-0.39, 0.29) is 0 Å². The molecule has 0 unspecified atom stereocenters. The molecule has 2 heterocycles. The summed E-state index contributed by atoms with van der Waals surface area (Å²) < 4.78 is 42.1. The molecule has 3 nitrogen and oxygen atoms in total. The number of carbonyl (C=O) groups excluding carboxylic acids is 1. The van der Waals surface area contributed by atoms with Crippen LogP contribution in [0, 0.1) is 0 Å². The molecule has 0 radical (unpaired) electrons. The summed E-state index contributed by atoms with van der Waals surface area (Å²) in [7, 11) is 0. The molecule has 1 aromatic heterocycles. The van der Waals surface area contributed by atoms with Crippen LogP contribution in [0.15, 0.2) is 40.8 Å². The van der Waals surface area contributed by atoms with Crippen molar-refractivity contribution in [2.45, 2.75) is 25.7 Å². The first-order valence-electron chi connectivity index (χ1n) is 6.93. The number of carbonyl (C=O) groups is 1. The van der Waals surface area contributed by atoms with Crippen LogP contribution in [0.25, 0.3) is 0 Å². The Bertz CT molecular complexity index is 691. The van der Waals surface area contributed by atoms with E-state index in [0.717, 1.165) is 25.6 Å². The molecule has 1 aliphatic heterocycles. The van der Waals surface area contributed by atoms with E-state index in [0.29, 0.717) is 12.3 Å². The lowest BCUT2D eigenvalue weighted by Gasteiger charge is -2.27. The van der Waals surface area contributed by atoms with E-state index in [4.69, 9.17) is 4.42 Å². The molecule has 0 amide bonds. The van der Waals surface area contributed by atoms with Gasteiger partial charge in [-0.3, -0.25) is 9.69 Å². The van der Waals surface area contributed by atoms with Gasteiger partial charge in [-0.1, -0.05) is 24.3 Å². The van der Waals surface area contributed by atoms with Crippen LogP contribution < -0.4 is 0 Å². The van der Waals surface area contributed by atoms with Crippen LogP contribution in [-0.2, 0) is 19.5 Å². The molecule has 0 N–H and O–H groups in total. The van der Waals surface area contributed by atoms with Gasteiger partial charge in [0.05, 0.1) is 6.54 Å². The molecular formula is C16H14F3NO2. The summed E-state index contributed by atoms with van der Waals surface area (Å²) in [5.74, 6) is -2.23. The fourth-order valence-corrected chi connectivity index (χ4v) is 2.63. The fourth-order valence-electron chi connectivity index (χ4n) is 2.63. The van der Waals surface area contributed by atoms with Gasteiger partial charge in [0.25, 0.3) is 0 Å². The summed E-state index contributed by atoms with van der Waals surface area (Å²) in [6, 6.07) is 10.6. The Balaban J connectivity index is 1.68. The van der Waals surface area contributed by atoms with Crippen molar-refractivity contribution in [2.24, 2.45) is 0 Å². The summed E-state index contributed by atoms with van der Waals surface area (Å²) >= 11 is 0. The Morgan fingerprint density at radius 3 is 2.59 bits per heavy atom. The lowest BCUT2D eigenvalue weighted by Crippen LogP contribution is -2.29. The SMILES string of the molecule is O=C(c1ccc(CN2CCc3ccccc3C2)o1)C(F)(F)F. The predicted molar refractivity (Wildman–Crippen MR) is 73.4 cm³/mol.